The molecule has 0 bridgehead atoms. The molecule has 0 amide bonds. The van der Waals surface area contributed by atoms with Gasteiger partial charge in [-0.15, -0.1) is 0 Å². The van der Waals surface area contributed by atoms with Crippen LogP contribution in [0.4, 0.5) is 0 Å². The van der Waals surface area contributed by atoms with Crippen LogP contribution in [0.25, 0.3) is 22.6 Å². The fourth-order valence-corrected chi connectivity index (χ4v) is 5.23. The number of fused-ring (bicyclic) bond motifs is 3. The molecule has 0 unspecified atom stereocenters. The highest BCUT2D eigenvalue weighted by Crippen LogP contribution is 2.37. The average Bonchev–Trinajstić information content (AvgIpc) is 3.58. The number of allylic oxidation sites excluding steroid dienone is 2. The third-order valence-electron chi connectivity index (χ3n) is 6.86. The molecule has 0 fully saturated rings. The monoisotopic (exact) mass is 472 g/mol. The van der Waals surface area contributed by atoms with Gasteiger partial charge in [-0.2, -0.15) is 4.74 Å². The molecule has 2 aliphatic rings. The number of hydrogen-bond acceptors (Lipinski definition) is 5. The maximum Gasteiger partial charge on any atom is 0.208 e. The van der Waals surface area contributed by atoms with Gasteiger partial charge in [-0.3, -0.25) is 0 Å². The Morgan fingerprint density at radius 2 is 2.14 bits per heavy atom. The van der Waals surface area contributed by atoms with E-state index in [9.17, 15) is 5.21 Å². The van der Waals surface area contributed by atoms with E-state index in [2.05, 4.69) is 21.3 Å². The standard InChI is InChI=1S/C27H28N4O4/c1-33-26-23-17-31(32)21-10-4-2-8-19(21)16-29(23)18-25(26)35-15-7-13-30-22-11-5-3-9-20(22)28-27(30)24-12-6-14-34-24/h3,5-6,9-12,14,17-19H,2,4,7-8,13,15-16H2,1H3/t19-/m0/s1. The fourth-order valence-electron chi connectivity index (χ4n) is 5.23. The van der Waals surface area contributed by atoms with Gasteiger partial charge in [-0.1, -0.05) is 12.1 Å². The largest absolute Gasteiger partial charge is 0.618 e. The fraction of sp³-hybridized carbons (Fsp3) is 0.333. The highest BCUT2D eigenvalue weighted by molar-refractivity contribution is 5.81. The number of methoxy groups -OCH3 is 1. The number of rotatable bonds is 7. The van der Waals surface area contributed by atoms with Gasteiger partial charge in [-0.05, 0) is 56.0 Å². The number of hydrogen-bond donors (Lipinski definition) is 0. The molecule has 0 saturated heterocycles. The van der Waals surface area contributed by atoms with Crippen LogP contribution in [0.5, 0.6) is 11.5 Å². The molecule has 1 aromatic carbocycles. The van der Waals surface area contributed by atoms with Crippen LogP contribution in [0.15, 0.2) is 65.0 Å². The van der Waals surface area contributed by atoms with Crippen LogP contribution in [0.1, 0.15) is 31.4 Å². The maximum absolute atomic E-state index is 12.8. The molecule has 0 radical (unpaired) electrons. The Hall–Kier alpha value is -3.94. The molecule has 1 aliphatic heterocycles. The van der Waals surface area contributed by atoms with Crippen LogP contribution in [0.2, 0.25) is 0 Å². The number of aryl methyl sites for hydroxylation is 1. The quantitative estimate of drug-likeness (QED) is 0.210. The number of ether oxygens (including phenoxy) is 2. The van der Waals surface area contributed by atoms with Crippen molar-refractivity contribution in [2.75, 3.05) is 13.7 Å². The SMILES string of the molecule is COc1c(OCCCn2c(-c3ccco3)nc3ccccc32)cn2c1C=[N+]([O-])C1=CCCC[C@H]1C2. The van der Waals surface area contributed by atoms with E-state index in [0.29, 0.717) is 18.1 Å². The van der Waals surface area contributed by atoms with E-state index in [-0.39, 0.29) is 5.92 Å². The molecule has 1 atom stereocenters. The zero-order valence-corrected chi connectivity index (χ0v) is 19.7. The molecule has 0 saturated carbocycles. The summed E-state index contributed by atoms with van der Waals surface area (Å²) in [6.45, 7) is 1.98. The van der Waals surface area contributed by atoms with Crippen molar-refractivity contribution >= 4 is 17.2 Å². The highest BCUT2D eigenvalue weighted by atomic mass is 16.5. The lowest BCUT2D eigenvalue weighted by molar-refractivity contribution is -0.406. The summed E-state index contributed by atoms with van der Waals surface area (Å²) >= 11 is 0. The molecule has 0 N–H and O–H groups in total. The van der Waals surface area contributed by atoms with Gasteiger partial charge in [-0.25, -0.2) is 4.98 Å². The predicted molar refractivity (Wildman–Crippen MR) is 133 cm³/mol. The number of hydroxylamine groups is 1. The van der Waals surface area contributed by atoms with Crippen molar-refractivity contribution in [3.05, 3.63) is 71.5 Å². The first kappa shape index (κ1) is 21.6. The number of para-hydroxylation sites is 2. The number of benzene rings is 1. The molecule has 6 rings (SSSR count). The number of furan rings is 1. The first-order valence-corrected chi connectivity index (χ1v) is 12.1. The van der Waals surface area contributed by atoms with Gasteiger partial charge < -0.3 is 28.2 Å². The van der Waals surface area contributed by atoms with Gasteiger partial charge in [0.25, 0.3) is 0 Å². The van der Waals surface area contributed by atoms with Crippen molar-refractivity contribution < 1.29 is 18.6 Å². The molecule has 1 aliphatic carbocycles. The molecular weight excluding hydrogens is 444 g/mol. The van der Waals surface area contributed by atoms with Crippen LogP contribution in [0, 0.1) is 11.1 Å². The van der Waals surface area contributed by atoms with Gasteiger partial charge in [0.05, 0.1) is 43.1 Å². The summed E-state index contributed by atoms with van der Waals surface area (Å²) in [5.41, 5.74) is 3.62. The smallest absolute Gasteiger partial charge is 0.208 e. The van der Waals surface area contributed by atoms with Gasteiger partial charge in [0, 0.05) is 13.1 Å². The minimum atomic E-state index is 0.221. The molecule has 4 aromatic rings. The van der Waals surface area contributed by atoms with Gasteiger partial charge >= 0.3 is 0 Å². The van der Waals surface area contributed by atoms with E-state index < -0.39 is 0 Å². The molecule has 3 aromatic heterocycles. The Morgan fingerprint density at radius 3 is 3.00 bits per heavy atom. The first-order valence-electron chi connectivity index (χ1n) is 12.1. The van der Waals surface area contributed by atoms with Crippen molar-refractivity contribution in [1.29, 1.82) is 0 Å². The average molecular weight is 473 g/mol. The lowest BCUT2D eigenvalue weighted by Crippen LogP contribution is -2.18. The zero-order chi connectivity index (χ0) is 23.8. The molecular formula is C27H28N4O4. The maximum atomic E-state index is 12.8. The lowest BCUT2D eigenvalue weighted by Gasteiger charge is -2.20. The summed E-state index contributed by atoms with van der Waals surface area (Å²) in [5.74, 6) is 3.05. The Balaban J connectivity index is 1.21. The highest BCUT2D eigenvalue weighted by Gasteiger charge is 2.31. The second kappa shape index (κ2) is 9.02. The van der Waals surface area contributed by atoms with Gasteiger partial charge in [0.15, 0.2) is 34.5 Å². The Kier molecular flexibility index (Phi) is 5.56. The van der Waals surface area contributed by atoms with Crippen LogP contribution in [-0.4, -0.2) is 38.8 Å². The minimum Gasteiger partial charge on any atom is -0.618 e. The van der Waals surface area contributed by atoms with Crippen molar-refractivity contribution in [1.82, 2.24) is 14.1 Å². The van der Waals surface area contributed by atoms with E-state index >= 15 is 0 Å². The van der Waals surface area contributed by atoms with Crippen molar-refractivity contribution in [2.45, 2.75) is 38.8 Å². The molecule has 35 heavy (non-hydrogen) atoms. The van der Waals surface area contributed by atoms with Crippen molar-refractivity contribution in [3.63, 3.8) is 0 Å². The normalized spacial score (nSPS) is 17.3. The zero-order valence-electron chi connectivity index (χ0n) is 19.7. The van der Waals surface area contributed by atoms with E-state index in [1.165, 1.54) is 0 Å². The Bertz CT molecular complexity index is 1410. The molecule has 4 heterocycles. The van der Waals surface area contributed by atoms with Gasteiger partial charge in [0.2, 0.25) is 6.21 Å². The van der Waals surface area contributed by atoms with Crippen LogP contribution in [-0.2, 0) is 13.1 Å². The van der Waals surface area contributed by atoms with Crippen LogP contribution >= 0.6 is 0 Å². The predicted octanol–water partition coefficient (Wildman–Crippen LogP) is 5.20. The second-order valence-corrected chi connectivity index (χ2v) is 9.03. The third kappa shape index (κ3) is 3.88. The van der Waals surface area contributed by atoms with E-state index in [4.69, 9.17) is 18.9 Å². The summed E-state index contributed by atoms with van der Waals surface area (Å²) in [6, 6.07) is 11.9. The third-order valence-corrected chi connectivity index (χ3v) is 6.86. The summed E-state index contributed by atoms with van der Waals surface area (Å²) in [4.78, 5) is 4.77. The summed E-state index contributed by atoms with van der Waals surface area (Å²) in [5, 5.41) is 12.8. The van der Waals surface area contributed by atoms with Crippen LogP contribution < -0.4 is 9.47 Å². The summed E-state index contributed by atoms with van der Waals surface area (Å²) < 4.78 is 22.8. The molecule has 0 spiro atoms. The number of imidazole rings is 1. The Morgan fingerprint density at radius 1 is 1.23 bits per heavy atom. The van der Waals surface area contributed by atoms with Crippen molar-refractivity contribution in [3.8, 4) is 23.1 Å². The van der Waals surface area contributed by atoms with Crippen LogP contribution in [0.3, 0.4) is 0 Å². The molecule has 180 valence electrons. The first-order chi connectivity index (χ1) is 17.2. The molecule has 8 nitrogen and oxygen atoms in total. The van der Waals surface area contributed by atoms with Crippen molar-refractivity contribution in [2.24, 2.45) is 5.92 Å². The minimum absolute atomic E-state index is 0.221. The molecule has 8 heteroatoms. The summed E-state index contributed by atoms with van der Waals surface area (Å²) in [6.07, 6.45) is 11.2. The topological polar surface area (TPSA) is 80.4 Å². The number of aromatic nitrogens is 3. The van der Waals surface area contributed by atoms with Gasteiger partial charge in [0.1, 0.15) is 0 Å². The van der Waals surface area contributed by atoms with E-state index in [0.717, 1.165) is 77.5 Å². The Labute approximate surface area is 203 Å². The second-order valence-electron chi connectivity index (χ2n) is 9.03. The lowest BCUT2D eigenvalue weighted by atomic mass is 9.92. The van der Waals surface area contributed by atoms with E-state index in [1.54, 1.807) is 19.6 Å². The van der Waals surface area contributed by atoms with E-state index in [1.807, 2.05) is 36.5 Å². The number of nitrogens with zero attached hydrogens (tertiary/aromatic N) is 4. The summed E-state index contributed by atoms with van der Waals surface area (Å²) in [7, 11) is 1.62.